The first kappa shape index (κ1) is 8.70. The van der Waals surface area contributed by atoms with Crippen molar-refractivity contribution in [1.82, 2.24) is 0 Å². The van der Waals surface area contributed by atoms with Crippen LogP contribution >= 0.6 is 11.6 Å². The van der Waals surface area contributed by atoms with Crippen LogP contribution in [-0.4, -0.2) is 13.2 Å². The Balaban J connectivity index is 2.35. The maximum atomic E-state index is 5.95. The summed E-state index contributed by atoms with van der Waals surface area (Å²) in [5.41, 5.74) is 1.06. The van der Waals surface area contributed by atoms with Crippen molar-refractivity contribution in [2.24, 2.45) is 0 Å². The molecule has 2 rings (SSSR count). The minimum atomic E-state index is 0.0100. The van der Waals surface area contributed by atoms with Crippen LogP contribution in [0.2, 0.25) is 0 Å². The summed E-state index contributed by atoms with van der Waals surface area (Å²) in [6.45, 7) is 3.18. The lowest BCUT2D eigenvalue weighted by molar-refractivity contribution is 0.171. The lowest BCUT2D eigenvalue weighted by Gasteiger charge is -2.19. The van der Waals surface area contributed by atoms with Crippen LogP contribution in [0.3, 0.4) is 0 Å². The standard InChI is InChI=1S/C10H11ClO2/c1-7(11)8-2-3-9-10(6-8)13-5-4-12-9/h2-3,6-7H,4-5H2,1H3. The van der Waals surface area contributed by atoms with Gasteiger partial charge in [0, 0.05) is 0 Å². The van der Waals surface area contributed by atoms with Gasteiger partial charge in [0.2, 0.25) is 0 Å². The lowest BCUT2D eigenvalue weighted by Crippen LogP contribution is -2.15. The van der Waals surface area contributed by atoms with Crippen molar-refractivity contribution in [1.29, 1.82) is 0 Å². The van der Waals surface area contributed by atoms with E-state index in [1.807, 2.05) is 25.1 Å². The highest BCUT2D eigenvalue weighted by Gasteiger charge is 2.12. The summed E-state index contributed by atoms with van der Waals surface area (Å²) in [7, 11) is 0. The van der Waals surface area contributed by atoms with E-state index in [4.69, 9.17) is 21.1 Å². The fraction of sp³-hybridized carbons (Fsp3) is 0.400. The van der Waals surface area contributed by atoms with Gasteiger partial charge in [-0.25, -0.2) is 0 Å². The number of halogens is 1. The van der Waals surface area contributed by atoms with Gasteiger partial charge in [-0.3, -0.25) is 0 Å². The van der Waals surface area contributed by atoms with E-state index in [0.717, 1.165) is 17.1 Å². The van der Waals surface area contributed by atoms with Gasteiger partial charge in [0.25, 0.3) is 0 Å². The average molecular weight is 199 g/mol. The quantitative estimate of drug-likeness (QED) is 0.646. The van der Waals surface area contributed by atoms with Crippen molar-refractivity contribution < 1.29 is 9.47 Å². The summed E-state index contributed by atoms with van der Waals surface area (Å²) in [5, 5.41) is 0.0100. The molecule has 70 valence electrons. The summed E-state index contributed by atoms with van der Waals surface area (Å²) < 4.78 is 10.8. The third-order valence-corrected chi connectivity index (χ3v) is 2.28. The van der Waals surface area contributed by atoms with E-state index in [1.54, 1.807) is 0 Å². The molecule has 1 aliphatic heterocycles. The Morgan fingerprint density at radius 3 is 2.62 bits per heavy atom. The van der Waals surface area contributed by atoms with Crippen LogP contribution in [0.15, 0.2) is 18.2 Å². The maximum absolute atomic E-state index is 5.95. The number of hydrogen-bond donors (Lipinski definition) is 0. The Morgan fingerprint density at radius 1 is 1.23 bits per heavy atom. The molecule has 3 heteroatoms. The topological polar surface area (TPSA) is 18.5 Å². The minimum Gasteiger partial charge on any atom is -0.486 e. The van der Waals surface area contributed by atoms with Crippen LogP contribution in [0.25, 0.3) is 0 Å². The Kier molecular flexibility index (Phi) is 2.32. The van der Waals surface area contributed by atoms with Gasteiger partial charge < -0.3 is 9.47 Å². The van der Waals surface area contributed by atoms with Crippen molar-refractivity contribution in [3.63, 3.8) is 0 Å². The minimum absolute atomic E-state index is 0.0100. The summed E-state index contributed by atoms with van der Waals surface area (Å²) in [6.07, 6.45) is 0. The third-order valence-electron chi connectivity index (χ3n) is 2.03. The molecule has 0 N–H and O–H groups in total. The molecule has 0 aliphatic carbocycles. The van der Waals surface area contributed by atoms with Crippen LogP contribution in [-0.2, 0) is 0 Å². The zero-order valence-corrected chi connectivity index (χ0v) is 8.17. The van der Waals surface area contributed by atoms with E-state index in [2.05, 4.69) is 0 Å². The zero-order valence-electron chi connectivity index (χ0n) is 7.42. The number of ether oxygens (including phenoxy) is 2. The molecule has 1 unspecified atom stereocenters. The number of benzene rings is 1. The normalized spacial score (nSPS) is 16.8. The second-order valence-corrected chi connectivity index (χ2v) is 3.67. The first-order valence-electron chi connectivity index (χ1n) is 4.31. The highest BCUT2D eigenvalue weighted by Crippen LogP contribution is 2.33. The van der Waals surface area contributed by atoms with Crippen LogP contribution in [0.5, 0.6) is 11.5 Å². The molecule has 1 aromatic rings. The smallest absolute Gasteiger partial charge is 0.161 e. The van der Waals surface area contributed by atoms with E-state index in [-0.39, 0.29) is 5.38 Å². The van der Waals surface area contributed by atoms with Crippen molar-refractivity contribution in [2.45, 2.75) is 12.3 Å². The number of rotatable bonds is 1. The Labute approximate surface area is 82.4 Å². The second-order valence-electron chi connectivity index (χ2n) is 3.02. The summed E-state index contributed by atoms with van der Waals surface area (Å²) in [5.74, 6) is 1.61. The molecule has 0 bridgehead atoms. The molecule has 2 nitrogen and oxygen atoms in total. The fourth-order valence-corrected chi connectivity index (χ4v) is 1.44. The summed E-state index contributed by atoms with van der Waals surface area (Å²) in [6, 6.07) is 5.81. The predicted molar refractivity (Wildman–Crippen MR) is 51.7 cm³/mol. The van der Waals surface area contributed by atoms with Crippen molar-refractivity contribution >= 4 is 11.6 Å². The SMILES string of the molecule is CC(Cl)c1ccc2c(c1)OCCO2. The van der Waals surface area contributed by atoms with Gasteiger partial charge in [-0.05, 0) is 24.6 Å². The van der Waals surface area contributed by atoms with Gasteiger partial charge in [0.05, 0.1) is 5.38 Å². The van der Waals surface area contributed by atoms with Crippen molar-refractivity contribution in [3.05, 3.63) is 23.8 Å². The van der Waals surface area contributed by atoms with Crippen molar-refractivity contribution in [3.8, 4) is 11.5 Å². The summed E-state index contributed by atoms with van der Waals surface area (Å²) in [4.78, 5) is 0. The molecule has 1 heterocycles. The predicted octanol–water partition coefficient (Wildman–Crippen LogP) is 2.76. The van der Waals surface area contributed by atoms with Gasteiger partial charge >= 0.3 is 0 Å². The van der Waals surface area contributed by atoms with Gasteiger partial charge in [0.15, 0.2) is 11.5 Å². The molecular formula is C10H11ClO2. The molecule has 1 aliphatic rings. The van der Waals surface area contributed by atoms with Crippen LogP contribution in [0.4, 0.5) is 0 Å². The number of hydrogen-bond acceptors (Lipinski definition) is 2. The largest absolute Gasteiger partial charge is 0.486 e. The van der Waals surface area contributed by atoms with Crippen LogP contribution in [0, 0.1) is 0 Å². The van der Waals surface area contributed by atoms with E-state index < -0.39 is 0 Å². The molecule has 0 saturated heterocycles. The monoisotopic (exact) mass is 198 g/mol. The lowest BCUT2D eigenvalue weighted by atomic mass is 10.1. The molecular weight excluding hydrogens is 188 g/mol. The van der Waals surface area contributed by atoms with E-state index in [0.29, 0.717) is 13.2 Å². The van der Waals surface area contributed by atoms with E-state index in [1.165, 1.54) is 0 Å². The Morgan fingerprint density at radius 2 is 1.92 bits per heavy atom. The van der Waals surface area contributed by atoms with Gasteiger partial charge in [-0.1, -0.05) is 6.07 Å². The maximum Gasteiger partial charge on any atom is 0.161 e. The molecule has 1 atom stereocenters. The van der Waals surface area contributed by atoms with E-state index >= 15 is 0 Å². The van der Waals surface area contributed by atoms with E-state index in [9.17, 15) is 0 Å². The zero-order chi connectivity index (χ0) is 9.26. The molecule has 0 spiro atoms. The number of alkyl halides is 1. The third kappa shape index (κ3) is 1.73. The first-order valence-corrected chi connectivity index (χ1v) is 4.74. The molecule has 13 heavy (non-hydrogen) atoms. The van der Waals surface area contributed by atoms with Crippen LogP contribution < -0.4 is 9.47 Å². The Hall–Kier alpha value is -0.890. The van der Waals surface area contributed by atoms with Gasteiger partial charge in [-0.15, -0.1) is 11.6 Å². The number of fused-ring (bicyclic) bond motifs is 1. The molecule has 0 amide bonds. The molecule has 0 radical (unpaired) electrons. The average Bonchev–Trinajstić information content (AvgIpc) is 2.17. The van der Waals surface area contributed by atoms with Gasteiger partial charge in [-0.2, -0.15) is 0 Å². The van der Waals surface area contributed by atoms with Crippen molar-refractivity contribution in [2.75, 3.05) is 13.2 Å². The van der Waals surface area contributed by atoms with Gasteiger partial charge in [0.1, 0.15) is 13.2 Å². The fourth-order valence-electron chi connectivity index (χ4n) is 1.31. The second kappa shape index (κ2) is 3.46. The highest BCUT2D eigenvalue weighted by atomic mass is 35.5. The molecule has 1 aromatic carbocycles. The molecule has 0 fully saturated rings. The summed E-state index contributed by atoms with van der Waals surface area (Å²) >= 11 is 5.95. The Bertz CT molecular complexity index is 310. The highest BCUT2D eigenvalue weighted by molar-refractivity contribution is 6.20. The molecule has 0 aromatic heterocycles. The first-order chi connectivity index (χ1) is 6.27. The molecule has 0 saturated carbocycles. The van der Waals surface area contributed by atoms with Crippen LogP contribution in [0.1, 0.15) is 17.9 Å².